The van der Waals surface area contributed by atoms with Crippen molar-refractivity contribution in [2.45, 2.75) is 6.42 Å². The fourth-order valence-corrected chi connectivity index (χ4v) is 2.07. The lowest BCUT2D eigenvalue weighted by molar-refractivity contribution is -0.119. The first-order chi connectivity index (χ1) is 12.3. The van der Waals surface area contributed by atoms with Crippen molar-refractivity contribution in [3.8, 4) is 11.5 Å². The van der Waals surface area contributed by atoms with E-state index in [1.807, 2.05) is 5.43 Å². The molecule has 0 aliphatic carbocycles. The second-order valence-electron chi connectivity index (χ2n) is 4.98. The first-order valence-corrected chi connectivity index (χ1v) is 7.07. The van der Waals surface area contributed by atoms with Gasteiger partial charge in [0.2, 0.25) is 11.7 Å². The fraction of sp³-hybridized carbons (Fsp3) is 0.188. The van der Waals surface area contributed by atoms with Gasteiger partial charge in [-0.15, -0.1) is 0 Å². The fourth-order valence-electron chi connectivity index (χ4n) is 2.07. The molecular formula is C16H13F5N2O3. The quantitative estimate of drug-likeness (QED) is 0.352. The van der Waals surface area contributed by atoms with Gasteiger partial charge in [-0.05, 0) is 17.7 Å². The third-order valence-corrected chi connectivity index (χ3v) is 3.35. The summed E-state index contributed by atoms with van der Waals surface area (Å²) < 4.78 is 76.2. The molecule has 0 radical (unpaired) electrons. The average Bonchev–Trinajstić information content (AvgIpc) is 2.64. The summed E-state index contributed by atoms with van der Waals surface area (Å²) >= 11 is 0. The van der Waals surface area contributed by atoms with E-state index in [1.54, 1.807) is 17.6 Å². The second kappa shape index (κ2) is 7.89. The van der Waals surface area contributed by atoms with Crippen LogP contribution in [0.1, 0.15) is 5.56 Å². The molecule has 0 atom stereocenters. The van der Waals surface area contributed by atoms with Crippen molar-refractivity contribution >= 4 is 11.6 Å². The van der Waals surface area contributed by atoms with Gasteiger partial charge in [0.1, 0.15) is 5.69 Å². The molecule has 5 nitrogen and oxygen atoms in total. The lowest BCUT2D eigenvalue weighted by atomic mass is 10.1. The number of hydrogen-bond acceptors (Lipinski definition) is 4. The highest BCUT2D eigenvalue weighted by atomic mass is 19.2. The van der Waals surface area contributed by atoms with E-state index < -0.39 is 40.7 Å². The lowest BCUT2D eigenvalue weighted by Gasteiger charge is -2.13. The molecule has 2 N–H and O–H groups in total. The van der Waals surface area contributed by atoms with Crippen molar-refractivity contribution in [3.05, 3.63) is 52.8 Å². The highest BCUT2D eigenvalue weighted by Crippen LogP contribution is 2.28. The summed E-state index contributed by atoms with van der Waals surface area (Å²) in [7, 11) is 2.82. The summed E-state index contributed by atoms with van der Waals surface area (Å²) in [6.45, 7) is 0. The molecule has 0 unspecified atom stereocenters. The van der Waals surface area contributed by atoms with E-state index in [0.29, 0.717) is 17.1 Å². The molecule has 0 saturated carbocycles. The zero-order valence-corrected chi connectivity index (χ0v) is 13.6. The molecule has 0 aliphatic rings. The van der Waals surface area contributed by atoms with Gasteiger partial charge >= 0.3 is 0 Å². The third-order valence-electron chi connectivity index (χ3n) is 3.35. The Bertz CT molecular complexity index is 816. The summed E-state index contributed by atoms with van der Waals surface area (Å²) in [5, 5.41) is 0. The summed E-state index contributed by atoms with van der Waals surface area (Å²) in [6.07, 6.45) is -0.261. The van der Waals surface area contributed by atoms with Gasteiger partial charge in [-0.1, -0.05) is 6.07 Å². The summed E-state index contributed by atoms with van der Waals surface area (Å²) in [5.74, 6) is -10.7. The zero-order chi connectivity index (χ0) is 19.4. The van der Waals surface area contributed by atoms with E-state index in [9.17, 15) is 26.7 Å². The van der Waals surface area contributed by atoms with Gasteiger partial charge in [0.25, 0.3) is 0 Å². The van der Waals surface area contributed by atoms with E-state index in [1.165, 1.54) is 20.3 Å². The number of methoxy groups -OCH3 is 2. The van der Waals surface area contributed by atoms with E-state index >= 15 is 0 Å². The van der Waals surface area contributed by atoms with Gasteiger partial charge in [-0.3, -0.25) is 15.6 Å². The van der Waals surface area contributed by atoms with Crippen LogP contribution >= 0.6 is 0 Å². The number of benzene rings is 2. The van der Waals surface area contributed by atoms with Crippen molar-refractivity contribution < 1.29 is 36.2 Å². The Kier molecular flexibility index (Phi) is 5.86. The van der Waals surface area contributed by atoms with Crippen molar-refractivity contribution in [2.75, 3.05) is 19.6 Å². The van der Waals surface area contributed by atoms with Crippen LogP contribution in [0, 0.1) is 29.1 Å². The highest BCUT2D eigenvalue weighted by molar-refractivity contribution is 5.80. The molecule has 0 saturated heterocycles. The molecule has 0 aliphatic heterocycles. The maximum atomic E-state index is 13.5. The van der Waals surface area contributed by atoms with E-state index in [2.05, 4.69) is 0 Å². The summed E-state index contributed by atoms with van der Waals surface area (Å²) in [5.41, 5.74) is 2.68. The van der Waals surface area contributed by atoms with Crippen LogP contribution in [0.4, 0.5) is 27.6 Å². The molecule has 1 amide bonds. The summed E-state index contributed by atoms with van der Waals surface area (Å²) in [6, 6.07) is 4.58. The average molecular weight is 376 g/mol. The molecule has 2 aromatic rings. The molecule has 0 fully saturated rings. The number of carbonyl (C=O) groups is 1. The Morgan fingerprint density at radius 2 is 1.42 bits per heavy atom. The van der Waals surface area contributed by atoms with Crippen LogP contribution in [0.2, 0.25) is 0 Å². The Morgan fingerprint density at radius 1 is 0.885 bits per heavy atom. The minimum absolute atomic E-state index is 0.261. The number of rotatable bonds is 6. The number of hydrogen-bond donors (Lipinski definition) is 2. The predicted octanol–water partition coefficient (Wildman–Crippen LogP) is 3.09. The number of anilines is 1. The number of amides is 1. The standard InChI is InChI=1S/C16H13F5N2O3/c1-25-8-4-3-7(5-9(8)26-2)6-10(24)22-23-16-14(20)12(18)11(17)13(19)15(16)21/h3-5,23H,6H2,1-2H3,(H,22,24). The third kappa shape index (κ3) is 3.79. The molecule has 140 valence electrons. The first kappa shape index (κ1) is 19.3. The number of hydrazine groups is 1. The topological polar surface area (TPSA) is 59.6 Å². The molecule has 2 aromatic carbocycles. The van der Waals surface area contributed by atoms with Crippen molar-refractivity contribution in [2.24, 2.45) is 0 Å². The molecule has 26 heavy (non-hydrogen) atoms. The van der Waals surface area contributed by atoms with Crippen LogP contribution in [0.15, 0.2) is 18.2 Å². The van der Waals surface area contributed by atoms with Gasteiger partial charge < -0.3 is 9.47 Å². The van der Waals surface area contributed by atoms with Crippen LogP contribution in [-0.4, -0.2) is 20.1 Å². The Balaban J connectivity index is 2.11. The molecule has 0 aromatic heterocycles. The molecule has 0 heterocycles. The normalized spacial score (nSPS) is 10.4. The van der Waals surface area contributed by atoms with Gasteiger partial charge in [-0.25, -0.2) is 22.0 Å². The minimum atomic E-state index is -2.29. The van der Waals surface area contributed by atoms with Gasteiger partial charge in [0.05, 0.1) is 20.6 Å². The van der Waals surface area contributed by atoms with Crippen LogP contribution in [0.25, 0.3) is 0 Å². The molecule has 10 heteroatoms. The summed E-state index contributed by atoms with van der Waals surface area (Å²) in [4.78, 5) is 11.8. The van der Waals surface area contributed by atoms with Gasteiger partial charge in [0, 0.05) is 0 Å². The van der Waals surface area contributed by atoms with Crippen LogP contribution in [0.5, 0.6) is 11.5 Å². The zero-order valence-electron chi connectivity index (χ0n) is 13.6. The van der Waals surface area contributed by atoms with Gasteiger partial charge in [0.15, 0.2) is 34.8 Å². The van der Waals surface area contributed by atoms with E-state index in [4.69, 9.17) is 9.47 Å². The largest absolute Gasteiger partial charge is 0.493 e. The van der Waals surface area contributed by atoms with E-state index in [0.717, 1.165) is 0 Å². The van der Waals surface area contributed by atoms with Crippen molar-refractivity contribution in [3.63, 3.8) is 0 Å². The molecular weight excluding hydrogens is 363 g/mol. The van der Waals surface area contributed by atoms with Crippen LogP contribution < -0.4 is 20.3 Å². The predicted molar refractivity (Wildman–Crippen MR) is 81.2 cm³/mol. The number of carbonyl (C=O) groups excluding carboxylic acids is 1. The maximum Gasteiger partial charge on any atom is 0.242 e. The second-order valence-corrected chi connectivity index (χ2v) is 4.98. The number of halogens is 5. The molecule has 0 spiro atoms. The minimum Gasteiger partial charge on any atom is -0.493 e. The Labute approximate surface area is 144 Å². The van der Waals surface area contributed by atoms with Gasteiger partial charge in [-0.2, -0.15) is 0 Å². The SMILES string of the molecule is COc1ccc(CC(=O)NNc2c(F)c(F)c(F)c(F)c2F)cc1OC. The monoisotopic (exact) mass is 376 g/mol. The van der Waals surface area contributed by atoms with E-state index in [-0.39, 0.29) is 6.42 Å². The first-order valence-electron chi connectivity index (χ1n) is 7.07. The maximum absolute atomic E-state index is 13.5. The van der Waals surface area contributed by atoms with Crippen molar-refractivity contribution in [1.29, 1.82) is 0 Å². The number of ether oxygens (including phenoxy) is 2. The van der Waals surface area contributed by atoms with Crippen LogP contribution in [0.3, 0.4) is 0 Å². The van der Waals surface area contributed by atoms with Crippen LogP contribution in [-0.2, 0) is 11.2 Å². The lowest BCUT2D eigenvalue weighted by Crippen LogP contribution is -2.32. The Hall–Kier alpha value is -3.04. The highest BCUT2D eigenvalue weighted by Gasteiger charge is 2.26. The Morgan fingerprint density at radius 3 is 1.96 bits per heavy atom. The smallest absolute Gasteiger partial charge is 0.242 e. The molecule has 0 bridgehead atoms. The van der Waals surface area contributed by atoms with Crippen molar-refractivity contribution in [1.82, 2.24) is 5.43 Å². The number of nitrogens with one attached hydrogen (secondary N) is 2. The molecule has 2 rings (SSSR count).